The van der Waals surface area contributed by atoms with E-state index >= 15 is 0 Å². The van der Waals surface area contributed by atoms with E-state index in [4.69, 9.17) is 4.74 Å². The van der Waals surface area contributed by atoms with Gasteiger partial charge in [0.1, 0.15) is 0 Å². The topological polar surface area (TPSA) is 45.7 Å². The van der Waals surface area contributed by atoms with Crippen molar-refractivity contribution >= 4 is 29.5 Å². The molecule has 0 bridgehead atoms. The Morgan fingerprint density at radius 1 is 1.04 bits per heavy atom. The summed E-state index contributed by atoms with van der Waals surface area (Å²) in [5.74, 6) is 2.07. The largest absolute Gasteiger partial charge is 0.381 e. The molecule has 0 amide bonds. The fourth-order valence-corrected chi connectivity index (χ4v) is 5.81. The number of hydrogen-bond acceptors (Lipinski definition) is 4. The van der Waals surface area contributed by atoms with Crippen LogP contribution in [-0.4, -0.2) is 54.6 Å². The minimum absolute atomic E-state index is 0.278. The van der Waals surface area contributed by atoms with Crippen molar-refractivity contribution in [1.82, 2.24) is 10.6 Å². The van der Waals surface area contributed by atoms with Gasteiger partial charge in [-0.1, -0.05) is 25.1 Å². The van der Waals surface area contributed by atoms with Crippen LogP contribution in [0.15, 0.2) is 40.2 Å². The van der Waals surface area contributed by atoms with E-state index in [1.54, 1.807) is 0 Å². The van der Waals surface area contributed by atoms with E-state index < -0.39 is 0 Å². The van der Waals surface area contributed by atoms with Crippen LogP contribution in [0.3, 0.4) is 0 Å². The number of benzene rings is 1. The lowest BCUT2D eigenvalue weighted by Gasteiger charge is -2.37. The molecule has 1 saturated heterocycles. The molecule has 4 nitrogen and oxygen atoms in total. The number of ether oxygens (including phenoxy) is 1. The fourth-order valence-electron chi connectivity index (χ4n) is 3.32. The van der Waals surface area contributed by atoms with Crippen molar-refractivity contribution in [2.24, 2.45) is 4.99 Å². The van der Waals surface area contributed by atoms with Crippen LogP contribution in [0.2, 0.25) is 0 Å². The first-order chi connectivity index (χ1) is 12.7. The first kappa shape index (κ1) is 19.9. The van der Waals surface area contributed by atoms with E-state index in [1.165, 1.54) is 17.7 Å². The Kier molecular flexibility index (Phi) is 7.18. The fraction of sp³-hybridized carbons (Fsp3) is 0.650. The summed E-state index contributed by atoms with van der Waals surface area (Å²) >= 11 is 4.06. The van der Waals surface area contributed by atoms with Gasteiger partial charge in [-0.05, 0) is 43.6 Å². The Morgan fingerprint density at radius 3 is 2.27 bits per heavy atom. The second kappa shape index (κ2) is 9.38. The molecule has 0 spiro atoms. The summed E-state index contributed by atoms with van der Waals surface area (Å²) in [5, 5.41) is 7.15. The van der Waals surface area contributed by atoms with Crippen molar-refractivity contribution in [3.05, 3.63) is 30.3 Å². The molecule has 0 unspecified atom stereocenters. The van der Waals surface area contributed by atoms with E-state index in [9.17, 15) is 0 Å². The van der Waals surface area contributed by atoms with E-state index in [2.05, 4.69) is 64.6 Å². The molecule has 0 aromatic heterocycles. The summed E-state index contributed by atoms with van der Waals surface area (Å²) in [6.07, 6.45) is 4.76. The third-order valence-corrected chi connectivity index (χ3v) is 8.07. The summed E-state index contributed by atoms with van der Waals surface area (Å²) in [5.41, 5.74) is 0. The Labute approximate surface area is 166 Å². The summed E-state index contributed by atoms with van der Waals surface area (Å²) in [4.78, 5) is 5.80. The zero-order valence-corrected chi connectivity index (χ0v) is 17.6. The van der Waals surface area contributed by atoms with Crippen molar-refractivity contribution in [3.63, 3.8) is 0 Å². The molecule has 26 heavy (non-hydrogen) atoms. The third kappa shape index (κ3) is 5.57. The molecule has 144 valence electrons. The van der Waals surface area contributed by atoms with Crippen molar-refractivity contribution in [1.29, 1.82) is 0 Å². The maximum Gasteiger partial charge on any atom is 0.191 e. The van der Waals surface area contributed by atoms with Crippen LogP contribution in [0.25, 0.3) is 0 Å². The summed E-state index contributed by atoms with van der Waals surface area (Å²) in [7, 11) is 1.86. The van der Waals surface area contributed by atoms with Crippen molar-refractivity contribution in [2.75, 3.05) is 39.1 Å². The molecule has 1 heterocycles. The number of rotatable bonds is 8. The molecule has 2 aliphatic rings. The number of nitrogens with zero attached hydrogens (tertiary/aromatic N) is 1. The van der Waals surface area contributed by atoms with E-state index in [1.807, 2.05) is 18.8 Å². The van der Waals surface area contributed by atoms with E-state index in [0.29, 0.717) is 4.75 Å². The monoisotopic (exact) mass is 393 g/mol. The average molecular weight is 394 g/mol. The standard InChI is InChI=1S/C20H31N3OS2/c1-3-25-19(11-13-24-14-12-19)15-22-18(21-2)23-16-20(9-10-20)26-17-7-5-4-6-8-17/h4-8H,3,9-16H2,1-2H3,(H2,21,22,23). The van der Waals surface area contributed by atoms with Gasteiger partial charge in [-0.3, -0.25) is 4.99 Å². The molecule has 1 aliphatic heterocycles. The van der Waals surface area contributed by atoms with Crippen LogP contribution >= 0.6 is 23.5 Å². The normalized spacial score (nSPS) is 21.2. The van der Waals surface area contributed by atoms with Crippen LogP contribution in [0.4, 0.5) is 0 Å². The van der Waals surface area contributed by atoms with Gasteiger partial charge in [-0.25, -0.2) is 0 Å². The van der Waals surface area contributed by atoms with Gasteiger partial charge in [-0.2, -0.15) is 11.8 Å². The molecule has 1 aromatic rings. The van der Waals surface area contributed by atoms with Gasteiger partial charge in [0.15, 0.2) is 5.96 Å². The number of aliphatic imine (C=N–C) groups is 1. The highest BCUT2D eigenvalue weighted by Crippen LogP contribution is 2.51. The van der Waals surface area contributed by atoms with E-state index in [0.717, 1.165) is 50.9 Å². The smallest absolute Gasteiger partial charge is 0.191 e. The predicted octanol–water partition coefficient (Wildman–Crippen LogP) is 3.78. The first-order valence-electron chi connectivity index (χ1n) is 9.60. The Morgan fingerprint density at radius 2 is 1.69 bits per heavy atom. The molecule has 0 radical (unpaired) electrons. The van der Waals surface area contributed by atoms with Crippen LogP contribution < -0.4 is 10.6 Å². The van der Waals surface area contributed by atoms with Gasteiger partial charge in [0.05, 0.1) is 0 Å². The Balaban J connectivity index is 1.49. The minimum Gasteiger partial charge on any atom is -0.381 e. The number of hydrogen-bond donors (Lipinski definition) is 2. The van der Waals surface area contributed by atoms with Crippen LogP contribution in [-0.2, 0) is 4.74 Å². The zero-order chi connectivity index (χ0) is 18.3. The molecular formula is C20H31N3OS2. The number of nitrogens with one attached hydrogen (secondary N) is 2. The van der Waals surface area contributed by atoms with Crippen LogP contribution in [0, 0.1) is 0 Å². The van der Waals surface area contributed by atoms with Crippen molar-refractivity contribution in [3.8, 4) is 0 Å². The molecule has 0 atom stereocenters. The molecule has 3 rings (SSSR count). The highest BCUT2D eigenvalue weighted by molar-refractivity contribution is 8.01. The lowest BCUT2D eigenvalue weighted by Crippen LogP contribution is -2.49. The minimum atomic E-state index is 0.278. The third-order valence-electron chi connectivity index (χ3n) is 5.12. The highest BCUT2D eigenvalue weighted by Gasteiger charge is 2.43. The van der Waals surface area contributed by atoms with Gasteiger partial charge in [0, 0.05) is 47.7 Å². The van der Waals surface area contributed by atoms with Crippen LogP contribution in [0.1, 0.15) is 32.6 Å². The SMILES string of the molecule is CCSC1(CNC(=NC)NCC2(Sc3ccccc3)CC2)CCOCC1. The second-order valence-electron chi connectivity index (χ2n) is 7.11. The molecule has 6 heteroatoms. The van der Waals surface area contributed by atoms with E-state index in [-0.39, 0.29) is 4.75 Å². The van der Waals surface area contributed by atoms with Gasteiger partial charge in [0.25, 0.3) is 0 Å². The predicted molar refractivity (Wildman–Crippen MR) is 115 cm³/mol. The second-order valence-corrected chi connectivity index (χ2v) is 10.4. The number of thioether (sulfide) groups is 2. The molecular weight excluding hydrogens is 362 g/mol. The summed E-state index contributed by atoms with van der Waals surface area (Å²) in [6, 6.07) is 10.7. The maximum atomic E-state index is 5.57. The Bertz CT molecular complexity index is 578. The lowest BCUT2D eigenvalue weighted by atomic mass is 9.99. The average Bonchev–Trinajstić information content (AvgIpc) is 3.43. The highest BCUT2D eigenvalue weighted by atomic mass is 32.2. The van der Waals surface area contributed by atoms with Gasteiger partial charge < -0.3 is 15.4 Å². The van der Waals surface area contributed by atoms with Gasteiger partial charge >= 0.3 is 0 Å². The summed E-state index contributed by atoms with van der Waals surface area (Å²) < 4.78 is 6.18. The molecule has 1 aromatic carbocycles. The molecule has 2 N–H and O–H groups in total. The van der Waals surface area contributed by atoms with Gasteiger partial charge in [0.2, 0.25) is 0 Å². The van der Waals surface area contributed by atoms with Crippen molar-refractivity contribution < 1.29 is 4.74 Å². The molecule has 1 aliphatic carbocycles. The van der Waals surface area contributed by atoms with Crippen LogP contribution in [0.5, 0.6) is 0 Å². The van der Waals surface area contributed by atoms with Gasteiger partial charge in [-0.15, -0.1) is 11.8 Å². The quantitative estimate of drug-likeness (QED) is 0.520. The lowest BCUT2D eigenvalue weighted by molar-refractivity contribution is 0.0782. The number of guanidine groups is 1. The first-order valence-corrected chi connectivity index (χ1v) is 11.4. The zero-order valence-electron chi connectivity index (χ0n) is 15.9. The molecule has 1 saturated carbocycles. The Hall–Kier alpha value is -0.850. The molecule has 2 fully saturated rings. The maximum absolute atomic E-state index is 5.57. The summed E-state index contributed by atoms with van der Waals surface area (Å²) in [6.45, 7) is 5.90. The van der Waals surface area contributed by atoms with Crippen molar-refractivity contribution in [2.45, 2.75) is 47.0 Å².